The average molecular weight is 394 g/mol. The second-order valence-electron chi connectivity index (χ2n) is 7.19. The molecule has 0 amide bonds. The van der Waals surface area contributed by atoms with Gasteiger partial charge in [0.05, 0.1) is 14.2 Å². The van der Waals surface area contributed by atoms with Crippen molar-refractivity contribution in [2.24, 2.45) is 11.7 Å². The third kappa shape index (κ3) is 4.72. The van der Waals surface area contributed by atoms with Gasteiger partial charge in [0.1, 0.15) is 17.1 Å². The van der Waals surface area contributed by atoms with Gasteiger partial charge in [-0.1, -0.05) is 48.6 Å². The van der Waals surface area contributed by atoms with Gasteiger partial charge in [0.2, 0.25) is 0 Å². The molecule has 2 N–H and O–H groups in total. The molecule has 154 valence electrons. The van der Waals surface area contributed by atoms with Gasteiger partial charge in [0.15, 0.2) is 0 Å². The normalized spacial score (nSPS) is 16.0. The first kappa shape index (κ1) is 21.2. The number of allylic oxidation sites excluding steroid dienone is 3. The van der Waals surface area contributed by atoms with Crippen molar-refractivity contribution in [2.45, 2.75) is 24.9 Å². The molecule has 0 saturated carbocycles. The van der Waals surface area contributed by atoms with Crippen LogP contribution in [0.2, 0.25) is 0 Å². The van der Waals surface area contributed by atoms with Crippen molar-refractivity contribution in [1.82, 2.24) is 0 Å². The first-order valence-electron chi connectivity index (χ1n) is 10.2. The fraction of sp³-hybridized carbons (Fsp3) is 0.360. The van der Waals surface area contributed by atoms with Crippen LogP contribution in [0.25, 0.3) is 0 Å². The molecular formula is C25H31NO3. The molecule has 0 radical (unpaired) electrons. The van der Waals surface area contributed by atoms with Crippen LogP contribution >= 0.6 is 0 Å². The molecule has 0 heterocycles. The fourth-order valence-electron chi connectivity index (χ4n) is 3.91. The number of unbranched alkanes of at least 4 members (excludes halogenated alkanes) is 1. The molecule has 3 rings (SSSR count). The van der Waals surface area contributed by atoms with Gasteiger partial charge in [-0.25, -0.2) is 0 Å². The second kappa shape index (κ2) is 10.3. The van der Waals surface area contributed by atoms with Crippen molar-refractivity contribution < 1.29 is 14.2 Å². The van der Waals surface area contributed by atoms with Gasteiger partial charge in [-0.05, 0) is 61.2 Å². The Kier molecular flexibility index (Phi) is 7.50. The van der Waals surface area contributed by atoms with Gasteiger partial charge in [-0.3, -0.25) is 0 Å². The Morgan fingerprint density at radius 2 is 1.45 bits per heavy atom. The van der Waals surface area contributed by atoms with Crippen molar-refractivity contribution in [3.63, 3.8) is 0 Å². The van der Waals surface area contributed by atoms with Gasteiger partial charge in [0, 0.05) is 12.5 Å². The Balaban J connectivity index is 2.09. The predicted molar refractivity (Wildman–Crippen MR) is 117 cm³/mol. The van der Waals surface area contributed by atoms with Crippen molar-refractivity contribution in [3.8, 4) is 11.5 Å². The van der Waals surface area contributed by atoms with E-state index in [4.69, 9.17) is 19.9 Å². The lowest BCUT2D eigenvalue weighted by Gasteiger charge is -2.41. The van der Waals surface area contributed by atoms with Crippen LogP contribution in [0.3, 0.4) is 0 Å². The number of benzene rings is 2. The van der Waals surface area contributed by atoms with Crippen LogP contribution < -0.4 is 15.2 Å². The molecule has 0 spiro atoms. The number of ether oxygens (including phenoxy) is 3. The third-order valence-corrected chi connectivity index (χ3v) is 5.47. The van der Waals surface area contributed by atoms with Crippen LogP contribution in [0.4, 0.5) is 0 Å². The maximum absolute atomic E-state index is 6.77. The van der Waals surface area contributed by atoms with E-state index in [0.29, 0.717) is 13.2 Å². The number of hydrogen-bond donors (Lipinski definition) is 1. The summed E-state index contributed by atoms with van der Waals surface area (Å²) in [5.41, 5.74) is 7.33. The molecule has 1 aliphatic rings. The monoisotopic (exact) mass is 393 g/mol. The molecule has 4 nitrogen and oxygen atoms in total. The van der Waals surface area contributed by atoms with E-state index in [-0.39, 0.29) is 5.92 Å². The Morgan fingerprint density at radius 3 is 1.90 bits per heavy atom. The summed E-state index contributed by atoms with van der Waals surface area (Å²) in [5, 5.41) is 0. The predicted octanol–water partition coefficient (Wildman–Crippen LogP) is 4.84. The molecule has 0 fully saturated rings. The zero-order valence-corrected chi connectivity index (χ0v) is 17.3. The first-order valence-corrected chi connectivity index (χ1v) is 10.2. The van der Waals surface area contributed by atoms with Crippen LogP contribution in [-0.4, -0.2) is 27.4 Å². The van der Waals surface area contributed by atoms with E-state index in [9.17, 15) is 0 Å². The highest BCUT2D eigenvalue weighted by Crippen LogP contribution is 2.45. The number of hydrogen-bond acceptors (Lipinski definition) is 4. The van der Waals surface area contributed by atoms with Crippen LogP contribution in [0.5, 0.6) is 11.5 Å². The van der Waals surface area contributed by atoms with Gasteiger partial charge in [-0.15, -0.1) is 0 Å². The molecule has 1 unspecified atom stereocenters. The van der Waals surface area contributed by atoms with E-state index >= 15 is 0 Å². The summed E-state index contributed by atoms with van der Waals surface area (Å²) in [5.74, 6) is 1.84. The molecule has 0 saturated heterocycles. The van der Waals surface area contributed by atoms with Crippen molar-refractivity contribution in [2.75, 3.05) is 27.4 Å². The molecule has 0 bridgehead atoms. The van der Waals surface area contributed by atoms with Crippen molar-refractivity contribution >= 4 is 0 Å². The third-order valence-electron chi connectivity index (χ3n) is 5.47. The SMILES string of the molecule is COc1ccc(C(OCCCCN)(c2ccc(OC)cc2)C2C=CC=CC2)cc1. The topological polar surface area (TPSA) is 53.7 Å². The van der Waals surface area contributed by atoms with E-state index in [1.165, 1.54) is 0 Å². The Bertz CT molecular complexity index is 761. The van der Waals surface area contributed by atoms with Gasteiger partial charge in [0.25, 0.3) is 0 Å². The summed E-state index contributed by atoms with van der Waals surface area (Å²) in [4.78, 5) is 0. The summed E-state index contributed by atoms with van der Waals surface area (Å²) < 4.78 is 17.5. The maximum atomic E-state index is 6.77. The van der Waals surface area contributed by atoms with E-state index in [2.05, 4.69) is 48.6 Å². The molecule has 1 aliphatic carbocycles. The quantitative estimate of drug-likeness (QED) is 0.587. The van der Waals surface area contributed by atoms with Crippen LogP contribution in [-0.2, 0) is 10.3 Å². The standard InChI is InChI=1S/C25H31NO3/c1-27-23-14-10-21(11-15-23)25(29-19-7-6-18-26,20-8-4-3-5-9-20)22-12-16-24(28-2)17-13-22/h3-5,8,10-17,20H,6-7,9,18-19,26H2,1-2H3. The van der Waals surface area contributed by atoms with Crippen molar-refractivity contribution in [3.05, 3.63) is 84.0 Å². The lowest BCUT2D eigenvalue weighted by molar-refractivity contribution is -0.0499. The smallest absolute Gasteiger partial charge is 0.125 e. The summed E-state index contributed by atoms with van der Waals surface area (Å²) in [6, 6.07) is 16.4. The lowest BCUT2D eigenvalue weighted by Crippen LogP contribution is -2.39. The summed E-state index contributed by atoms with van der Waals surface area (Å²) in [6.45, 7) is 1.32. The van der Waals surface area contributed by atoms with Crippen LogP contribution in [0.15, 0.2) is 72.8 Å². The van der Waals surface area contributed by atoms with Crippen molar-refractivity contribution in [1.29, 1.82) is 0 Å². The Morgan fingerprint density at radius 1 is 0.862 bits per heavy atom. The minimum absolute atomic E-state index is 0.173. The minimum atomic E-state index is -0.603. The van der Waals surface area contributed by atoms with Gasteiger partial charge in [-0.2, -0.15) is 0 Å². The highest BCUT2D eigenvalue weighted by Gasteiger charge is 2.42. The lowest BCUT2D eigenvalue weighted by atomic mass is 9.73. The highest BCUT2D eigenvalue weighted by molar-refractivity contribution is 5.44. The molecule has 4 heteroatoms. The highest BCUT2D eigenvalue weighted by atomic mass is 16.5. The molecule has 29 heavy (non-hydrogen) atoms. The number of rotatable bonds is 10. The first-order chi connectivity index (χ1) is 14.2. The van der Waals surface area contributed by atoms with Crippen LogP contribution in [0, 0.1) is 5.92 Å². The molecule has 0 aliphatic heterocycles. The summed E-state index contributed by atoms with van der Waals surface area (Å²) >= 11 is 0. The Hall–Kier alpha value is -2.56. The van der Waals surface area contributed by atoms with Crippen LogP contribution in [0.1, 0.15) is 30.4 Å². The fourth-order valence-corrected chi connectivity index (χ4v) is 3.91. The second-order valence-corrected chi connectivity index (χ2v) is 7.19. The number of nitrogens with two attached hydrogens (primary N) is 1. The van der Waals surface area contributed by atoms with E-state index < -0.39 is 5.60 Å². The van der Waals surface area contributed by atoms with E-state index in [1.807, 2.05) is 24.3 Å². The molecular weight excluding hydrogens is 362 g/mol. The zero-order chi connectivity index (χ0) is 20.5. The van der Waals surface area contributed by atoms with Gasteiger partial charge < -0.3 is 19.9 Å². The summed E-state index contributed by atoms with van der Waals surface area (Å²) in [6.07, 6.45) is 11.4. The van der Waals surface area contributed by atoms with E-state index in [0.717, 1.165) is 41.9 Å². The van der Waals surface area contributed by atoms with Gasteiger partial charge >= 0.3 is 0 Å². The minimum Gasteiger partial charge on any atom is -0.497 e. The number of methoxy groups -OCH3 is 2. The molecule has 1 atom stereocenters. The molecule has 2 aromatic rings. The zero-order valence-electron chi connectivity index (χ0n) is 17.3. The largest absolute Gasteiger partial charge is 0.497 e. The Labute approximate surface area is 174 Å². The molecule has 2 aromatic carbocycles. The summed E-state index contributed by atoms with van der Waals surface area (Å²) in [7, 11) is 3.37. The maximum Gasteiger partial charge on any atom is 0.125 e. The van der Waals surface area contributed by atoms with E-state index in [1.54, 1.807) is 14.2 Å². The average Bonchev–Trinajstić information content (AvgIpc) is 2.80. The molecule has 0 aromatic heterocycles.